The molecule has 1 aromatic carbocycles. The highest BCUT2D eigenvalue weighted by molar-refractivity contribution is 5.44. The average molecular weight is 293 g/mol. The Morgan fingerprint density at radius 3 is 2.71 bits per heavy atom. The van der Waals surface area contributed by atoms with Crippen molar-refractivity contribution < 1.29 is 14.2 Å². The maximum atomic E-state index is 6.06. The zero-order valence-electron chi connectivity index (χ0n) is 13.6. The van der Waals surface area contributed by atoms with Crippen LogP contribution in [0.4, 0.5) is 0 Å². The monoisotopic (exact) mass is 293 g/mol. The van der Waals surface area contributed by atoms with Crippen molar-refractivity contribution in [2.75, 3.05) is 13.3 Å². The quantitative estimate of drug-likeness (QED) is 0.835. The van der Waals surface area contributed by atoms with Crippen molar-refractivity contribution >= 4 is 0 Å². The van der Waals surface area contributed by atoms with Crippen LogP contribution < -0.4 is 14.8 Å². The first kappa shape index (κ1) is 16.1. The van der Waals surface area contributed by atoms with E-state index < -0.39 is 0 Å². The summed E-state index contributed by atoms with van der Waals surface area (Å²) in [5, 5.41) is 3.52. The number of benzene rings is 1. The van der Waals surface area contributed by atoms with Gasteiger partial charge in [-0.3, -0.25) is 0 Å². The summed E-state index contributed by atoms with van der Waals surface area (Å²) >= 11 is 0. The second-order valence-electron chi connectivity index (χ2n) is 6.54. The van der Waals surface area contributed by atoms with E-state index in [0.717, 1.165) is 36.4 Å². The maximum absolute atomic E-state index is 6.06. The standard InChI is InChI=1S/C17H27NO3/c1-5-6-14(10-18-17(2,3)4)19-11-13-7-8-15-16(9-13)21-12-20-15/h7-9,14,18H,5-6,10-12H2,1-4H3. The van der Waals surface area contributed by atoms with E-state index in [0.29, 0.717) is 13.4 Å². The van der Waals surface area contributed by atoms with Crippen LogP contribution in [0.5, 0.6) is 11.5 Å². The van der Waals surface area contributed by atoms with Crippen LogP contribution in [0.1, 0.15) is 46.1 Å². The Balaban J connectivity index is 1.86. The van der Waals surface area contributed by atoms with E-state index in [4.69, 9.17) is 14.2 Å². The fourth-order valence-corrected chi connectivity index (χ4v) is 2.23. The Bertz CT molecular complexity index is 454. The zero-order valence-corrected chi connectivity index (χ0v) is 13.6. The third kappa shape index (κ3) is 5.21. The molecule has 1 unspecified atom stereocenters. The first-order valence-electron chi connectivity index (χ1n) is 7.73. The molecule has 1 heterocycles. The molecule has 21 heavy (non-hydrogen) atoms. The number of nitrogens with one attached hydrogen (secondary N) is 1. The molecular formula is C17H27NO3. The van der Waals surface area contributed by atoms with Gasteiger partial charge >= 0.3 is 0 Å². The van der Waals surface area contributed by atoms with E-state index in [1.165, 1.54) is 0 Å². The van der Waals surface area contributed by atoms with Crippen molar-refractivity contribution in [2.24, 2.45) is 0 Å². The molecule has 0 aliphatic carbocycles. The highest BCUT2D eigenvalue weighted by Gasteiger charge is 2.16. The minimum atomic E-state index is 0.119. The van der Waals surface area contributed by atoms with Crippen molar-refractivity contribution in [2.45, 2.75) is 58.8 Å². The van der Waals surface area contributed by atoms with Crippen molar-refractivity contribution in [3.63, 3.8) is 0 Å². The molecule has 1 aliphatic heterocycles. The van der Waals surface area contributed by atoms with E-state index >= 15 is 0 Å². The normalized spacial score (nSPS) is 15.2. The fraction of sp³-hybridized carbons (Fsp3) is 0.647. The first-order valence-corrected chi connectivity index (χ1v) is 7.73. The molecule has 0 radical (unpaired) electrons. The molecule has 0 aromatic heterocycles. The van der Waals surface area contributed by atoms with Gasteiger partial charge in [-0.05, 0) is 44.9 Å². The van der Waals surface area contributed by atoms with Gasteiger partial charge in [0.2, 0.25) is 6.79 Å². The second kappa shape index (κ2) is 7.14. The summed E-state index contributed by atoms with van der Waals surface area (Å²) in [7, 11) is 0. The summed E-state index contributed by atoms with van der Waals surface area (Å²) in [6.07, 6.45) is 2.42. The molecule has 4 nitrogen and oxygen atoms in total. The maximum Gasteiger partial charge on any atom is 0.231 e. The lowest BCUT2D eigenvalue weighted by Gasteiger charge is -2.25. The summed E-state index contributed by atoms with van der Waals surface area (Å²) in [6, 6.07) is 5.99. The highest BCUT2D eigenvalue weighted by atomic mass is 16.7. The summed E-state index contributed by atoms with van der Waals surface area (Å²) < 4.78 is 16.8. The first-order chi connectivity index (χ1) is 9.98. The van der Waals surface area contributed by atoms with E-state index in [2.05, 4.69) is 33.0 Å². The Kier molecular flexibility index (Phi) is 5.48. The molecule has 0 bridgehead atoms. The van der Waals surface area contributed by atoms with Gasteiger partial charge in [-0.25, -0.2) is 0 Å². The molecule has 0 saturated carbocycles. The summed E-state index contributed by atoms with van der Waals surface area (Å²) in [5.74, 6) is 1.63. The van der Waals surface area contributed by atoms with Crippen LogP contribution in [0.3, 0.4) is 0 Å². The summed E-state index contributed by atoms with van der Waals surface area (Å²) in [6.45, 7) is 10.5. The minimum absolute atomic E-state index is 0.119. The highest BCUT2D eigenvalue weighted by Crippen LogP contribution is 2.32. The van der Waals surface area contributed by atoms with Crippen LogP contribution in [0.15, 0.2) is 18.2 Å². The van der Waals surface area contributed by atoms with Gasteiger partial charge in [0.15, 0.2) is 11.5 Å². The van der Waals surface area contributed by atoms with Gasteiger partial charge in [0, 0.05) is 12.1 Å². The Labute approximate surface area is 127 Å². The molecule has 1 aromatic rings. The van der Waals surface area contributed by atoms with Gasteiger partial charge in [0.1, 0.15) is 0 Å². The molecule has 0 saturated heterocycles. The predicted molar refractivity (Wildman–Crippen MR) is 83.8 cm³/mol. The molecule has 2 rings (SSSR count). The smallest absolute Gasteiger partial charge is 0.231 e. The van der Waals surface area contributed by atoms with E-state index in [1.807, 2.05) is 18.2 Å². The van der Waals surface area contributed by atoms with Crippen LogP contribution in [-0.4, -0.2) is 25.0 Å². The SMILES string of the molecule is CCCC(CNC(C)(C)C)OCc1ccc2c(c1)OCO2. The molecule has 0 amide bonds. The van der Waals surface area contributed by atoms with Crippen LogP contribution in [-0.2, 0) is 11.3 Å². The van der Waals surface area contributed by atoms with Gasteiger partial charge < -0.3 is 19.5 Å². The zero-order chi connectivity index (χ0) is 15.3. The van der Waals surface area contributed by atoms with E-state index in [1.54, 1.807) is 0 Å². The summed E-state index contributed by atoms with van der Waals surface area (Å²) in [5.41, 5.74) is 1.24. The molecule has 1 aliphatic rings. The molecular weight excluding hydrogens is 266 g/mol. The van der Waals surface area contributed by atoms with Gasteiger partial charge in [0.25, 0.3) is 0 Å². The van der Waals surface area contributed by atoms with E-state index in [9.17, 15) is 0 Å². The molecule has 4 heteroatoms. The number of rotatable bonds is 7. The molecule has 118 valence electrons. The van der Waals surface area contributed by atoms with Crippen molar-refractivity contribution in [3.05, 3.63) is 23.8 Å². The third-order valence-electron chi connectivity index (χ3n) is 3.39. The fourth-order valence-electron chi connectivity index (χ4n) is 2.23. The molecule has 0 fully saturated rings. The number of ether oxygens (including phenoxy) is 3. The number of hydrogen-bond acceptors (Lipinski definition) is 4. The van der Waals surface area contributed by atoms with Crippen LogP contribution in [0, 0.1) is 0 Å². The Morgan fingerprint density at radius 2 is 2.00 bits per heavy atom. The number of fused-ring (bicyclic) bond motifs is 1. The van der Waals surface area contributed by atoms with Gasteiger partial charge in [-0.1, -0.05) is 19.4 Å². The largest absolute Gasteiger partial charge is 0.454 e. The summed E-state index contributed by atoms with van der Waals surface area (Å²) in [4.78, 5) is 0. The van der Waals surface area contributed by atoms with Crippen molar-refractivity contribution in [1.82, 2.24) is 5.32 Å². The third-order valence-corrected chi connectivity index (χ3v) is 3.39. The number of hydrogen-bond donors (Lipinski definition) is 1. The van der Waals surface area contributed by atoms with Crippen LogP contribution in [0.2, 0.25) is 0 Å². The van der Waals surface area contributed by atoms with Gasteiger partial charge in [0.05, 0.1) is 12.7 Å². The van der Waals surface area contributed by atoms with Crippen LogP contribution in [0.25, 0.3) is 0 Å². The Hall–Kier alpha value is -1.26. The average Bonchev–Trinajstić information content (AvgIpc) is 2.88. The lowest BCUT2D eigenvalue weighted by atomic mass is 10.1. The molecule has 1 N–H and O–H groups in total. The van der Waals surface area contributed by atoms with Gasteiger partial charge in [-0.2, -0.15) is 0 Å². The lowest BCUT2D eigenvalue weighted by Crippen LogP contribution is -2.41. The minimum Gasteiger partial charge on any atom is -0.454 e. The van der Waals surface area contributed by atoms with Crippen molar-refractivity contribution in [3.8, 4) is 11.5 Å². The predicted octanol–water partition coefficient (Wildman–Crippen LogP) is 3.49. The second-order valence-corrected chi connectivity index (χ2v) is 6.54. The van der Waals surface area contributed by atoms with Crippen LogP contribution >= 0.6 is 0 Å². The molecule has 0 spiro atoms. The molecule has 1 atom stereocenters. The topological polar surface area (TPSA) is 39.7 Å². The van der Waals surface area contributed by atoms with Gasteiger partial charge in [-0.15, -0.1) is 0 Å². The Morgan fingerprint density at radius 1 is 1.24 bits per heavy atom. The van der Waals surface area contributed by atoms with Crippen molar-refractivity contribution in [1.29, 1.82) is 0 Å². The van der Waals surface area contributed by atoms with E-state index in [-0.39, 0.29) is 11.6 Å². The lowest BCUT2D eigenvalue weighted by molar-refractivity contribution is 0.0309.